The summed E-state index contributed by atoms with van der Waals surface area (Å²) in [5.74, 6) is 1.72. The van der Waals surface area contributed by atoms with E-state index >= 15 is 0 Å². The number of nitrogens with zero attached hydrogens (tertiary/aromatic N) is 2. The van der Waals surface area contributed by atoms with Crippen LogP contribution < -0.4 is 10.7 Å². The summed E-state index contributed by atoms with van der Waals surface area (Å²) >= 11 is 0. The maximum Gasteiger partial charge on any atom is 0.140 e. The van der Waals surface area contributed by atoms with Gasteiger partial charge in [-0.2, -0.15) is 0 Å². The van der Waals surface area contributed by atoms with Crippen LogP contribution in [0.2, 0.25) is 0 Å². The zero-order valence-electron chi connectivity index (χ0n) is 10.5. The molecule has 2 aliphatic carbocycles. The molecule has 2 aliphatic rings. The van der Waals surface area contributed by atoms with Gasteiger partial charge in [0.25, 0.3) is 0 Å². The summed E-state index contributed by atoms with van der Waals surface area (Å²) in [6, 6.07) is 0. The van der Waals surface area contributed by atoms with Gasteiger partial charge in [-0.3, -0.25) is 0 Å². The van der Waals surface area contributed by atoms with Crippen LogP contribution in [0.25, 0.3) is 17.7 Å². The van der Waals surface area contributed by atoms with E-state index in [-0.39, 0.29) is 0 Å². The smallest absolute Gasteiger partial charge is 0.140 e. The van der Waals surface area contributed by atoms with Crippen LogP contribution in [-0.2, 0) is 7.05 Å². The molecule has 17 heavy (non-hydrogen) atoms. The lowest BCUT2D eigenvalue weighted by atomic mass is 10.0. The molecule has 0 aliphatic heterocycles. The van der Waals surface area contributed by atoms with E-state index in [1.165, 1.54) is 10.9 Å². The van der Waals surface area contributed by atoms with Crippen molar-refractivity contribution in [3.63, 3.8) is 0 Å². The molecule has 0 aromatic carbocycles. The first-order chi connectivity index (χ1) is 8.25. The molecular weight excluding hydrogens is 208 g/mol. The molecule has 0 radical (unpaired) electrons. The summed E-state index contributed by atoms with van der Waals surface area (Å²) in [6.45, 7) is 2.24. The average Bonchev–Trinajstić information content (AvgIpc) is 2.67. The fourth-order valence-corrected chi connectivity index (χ4v) is 2.57. The largest absolute Gasteiger partial charge is 0.327 e. The fourth-order valence-electron chi connectivity index (χ4n) is 2.57. The van der Waals surface area contributed by atoms with E-state index in [0.717, 1.165) is 30.4 Å². The molecule has 1 aromatic heterocycles. The minimum Gasteiger partial charge on any atom is -0.327 e. The van der Waals surface area contributed by atoms with Gasteiger partial charge in [0.2, 0.25) is 0 Å². The van der Waals surface area contributed by atoms with Gasteiger partial charge in [-0.15, -0.1) is 0 Å². The second-order valence-corrected chi connectivity index (χ2v) is 4.99. The molecule has 0 fully saturated rings. The average molecular weight is 226 g/mol. The van der Waals surface area contributed by atoms with Crippen molar-refractivity contribution in [3.8, 4) is 0 Å². The molecule has 0 bridgehead atoms. The number of rotatable bonds is 1. The lowest BCUT2D eigenvalue weighted by Crippen LogP contribution is -2.32. The second kappa shape index (κ2) is 4.02. The molecule has 0 spiro atoms. The molecule has 88 valence electrons. The third-order valence-electron chi connectivity index (χ3n) is 3.55. The normalized spacial score (nSPS) is 22.5. The van der Waals surface area contributed by atoms with Crippen LogP contribution in [0.5, 0.6) is 0 Å². The van der Waals surface area contributed by atoms with Gasteiger partial charge in [-0.25, -0.2) is 4.98 Å². The Kier molecular flexibility index (Phi) is 2.50. The van der Waals surface area contributed by atoms with E-state index in [1.54, 1.807) is 0 Å². The highest BCUT2D eigenvalue weighted by atomic mass is 15.1. The van der Waals surface area contributed by atoms with Crippen molar-refractivity contribution in [3.05, 3.63) is 34.8 Å². The van der Waals surface area contributed by atoms with Gasteiger partial charge < -0.3 is 4.57 Å². The summed E-state index contributed by atoms with van der Waals surface area (Å²) < 4.78 is 2.22. The van der Waals surface area contributed by atoms with Gasteiger partial charge in [-0.05, 0) is 25.2 Å². The van der Waals surface area contributed by atoms with Crippen LogP contribution in [-0.4, -0.2) is 9.55 Å². The van der Waals surface area contributed by atoms with Crippen molar-refractivity contribution in [2.75, 3.05) is 0 Å². The van der Waals surface area contributed by atoms with Crippen molar-refractivity contribution >= 4 is 17.7 Å². The topological polar surface area (TPSA) is 17.8 Å². The van der Waals surface area contributed by atoms with E-state index < -0.39 is 0 Å². The Bertz CT molecular complexity index is 614. The Hall–Kier alpha value is -1.57. The van der Waals surface area contributed by atoms with Crippen LogP contribution >= 0.6 is 0 Å². The van der Waals surface area contributed by atoms with Crippen molar-refractivity contribution in [1.29, 1.82) is 0 Å². The third kappa shape index (κ3) is 1.78. The number of hydrogen-bond donors (Lipinski definition) is 0. The standard InChI is InChI=1S/C15H18N2/c1-11-8-9-14-13(10-11)16-15(17(14)2)12-6-4-3-5-7-12/h4,6-7,9-11H,3,5,8H2,1-2H3. The molecule has 1 atom stereocenters. The van der Waals surface area contributed by atoms with Crippen molar-refractivity contribution in [1.82, 2.24) is 9.55 Å². The zero-order chi connectivity index (χ0) is 11.8. The molecule has 0 amide bonds. The SMILES string of the molecule is CC1C=c2nc(C3=CCCC=C3)n(C)c2=CC1. The Morgan fingerprint density at radius 3 is 2.94 bits per heavy atom. The van der Waals surface area contributed by atoms with E-state index in [2.05, 4.69) is 48.9 Å². The van der Waals surface area contributed by atoms with Crippen LogP contribution in [0.4, 0.5) is 0 Å². The van der Waals surface area contributed by atoms with E-state index in [9.17, 15) is 0 Å². The summed E-state index contributed by atoms with van der Waals surface area (Å²) in [7, 11) is 2.12. The number of fused-ring (bicyclic) bond motifs is 1. The van der Waals surface area contributed by atoms with Gasteiger partial charge in [0, 0.05) is 12.6 Å². The highest BCUT2D eigenvalue weighted by molar-refractivity contribution is 5.71. The fraction of sp³-hybridized carbons (Fsp3) is 0.400. The number of imidazole rings is 1. The van der Waals surface area contributed by atoms with Crippen LogP contribution in [0.15, 0.2) is 18.2 Å². The maximum absolute atomic E-state index is 4.78. The predicted molar refractivity (Wildman–Crippen MR) is 71.5 cm³/mol. The third-order valence-corrected chi connectivity index (χ3v) is 3.55. The Morgan fingerprint density at radius 2 is 2.18 bits per heavy atom. The Balaban J connectivity index is 2.18. The molecule has 1 heterocycles. The van der Waals surface area contributed by atoms with Crippen molar-refractivity contribution in [2.24, 2.45) is 13.0 Å². The molecule has 2 heteroatoms. The minimum atomic E-state index is 0.612. The van der Waals surface area contributed by atoms with Gasteiger partial charge in [0.15, 0.2) is 0 Å². The lowest BCUT2D eigenvalue weighted by molar-refractivity contribution is 0.782. The predicted octanol–water partition coefficient (Wildman–Crippen LogP) is 1.75. The summed E-state index contributed by atoms with van der Waals surface area (Å²) in [5.41, 5.74) is 1.27. The van der Waals surface area contributed by atoms with Crippen LogP contribution in [0, 0.1) is 5.92 Å². The van der Waals surface area contributed by atoms with E-state index in [4.69, 9.17) is 4.98 Å². The zero-order valence-corrected chi connectivity index (χ0v) is 10.5. The first-order valence-corrected chi connectivity index (χ1v) is 6.37. The Labute approximate surface area is 102 Å². The van der Waals surface area contributed by atoms with Crippen molar-refractivity contribution in [2.45, 2.75) is 26.2 Å². The highest BCUT2D eigenvalue weighted by Gasteiger charge is 2.12. The minimum absolute atomic E-state index is 0.612. The number of aromatic nitrogens is 2. The maximum atomic E-state index is 4.78. The number of allylic oxidation sites excluding steroid dienone is 4. The molecule has 0 saturated carbocycles. The highest BCUT2D eigenvalue weighted by Crippen LogP contribution is 2.18. The molecule has 0 N–H and O–H groups in total. The first-order valence-electron chi connectivity index (χ1n) is 6.37. The molecule has 1 aromatic rings. The summed E-state index contributed by atoms with van der Waals surface area (Å²) in [4.78, 5) is 4.78. The second-order valence-electron chi connectivity index (χ2n) is 4.99. The van der Waals surface area contributed by atoms with E-state index in [0.29, 0.717) is 5.92 Å². The molecular formula is C15H18N2. The quantitative estimate of drug-likeness (QED) is 0.713. The van der Waals surface area contributed by atoms with Gasteiger partial charge in [-0.1, -0.05) is 37.3 Å². The van der Waals surface area contributed by atoms with Crippen LogP contribution in [0.3, 0.4) is 0 Å². The first kappa shape index (κ1) is 10.6. The van der Waals surface area contributed by atoms with Crippen molar-refractivity contribution < 1.29 is 0 Å². The number of hydrogen-bond acceptors (Lipinski definition) is 1. The van der Waals surface area contributed by atoms with Gasteiger partial charge in [0.05, 0.1) is 10.7 Å². The van der Waals surface area contributed by atoms with Gasteiger partial charge in [0.1, 0.15) is 5.82 Å². The van der Waals surface area contributed by atoms with E-state index in [1.807, 2.05) is 0 Å². The Morgan fingerprint density at radius 1 is 1.29 bits per heavy atom. The summed E-state index contributed by atoms with van der Waals surface area (Å²) in [6.07, 6.45) is 14.7. The van der Waals surface area contributed by atoms with Crippen LogP contribution in [0.1, 0.15) is 32.0 Å². The molecule has 3 rings (SSSR count). The van der Waals surface area contributed by atoms with Gasteiger partial charge >= 0.3 is 0 Å². The molecule has 0 saturated heterocycles. The lowest BCUT2D eigenvalue weighted by Gasteiger charge is -2.07. The summed E-state index contributed by atoms with van der Waals surface area (Å²) in [5, 5.41) is 2.43. The molecule has 2 nitrogen and oxygen atoms in total. The molecule has 1 unspecified atom stereocenters. The monoisotopic (exact) mass is 226 g/mol.